The Morgan fingerprint density at radius 3 is 2.56 bits per heavy atom. The van der Waals surface area contributed by atoms with Gasteiger partial charge in [-0.05, 0) is 60.7 Å². The van der Waals surface area contributed by atoms with Crippen LogP contribution in [0.3, 0.4) is 0 Å². The molecule has 3 rings (SSSR count). The molecule has 140 valence electrons. The van der Waals surface area contributed by atoms with Crippen LogP contribution in [0.1, 0.15) is 31.9 Å². The summed E-state index contributed by atoms with van der Waals surface area (Å²) in [7, 11) is 0. The average molecular weight is 401 g/mol. The van der Waals surface area contributed by atoms with Gasteiger partial charge in [-0.15, -0.1) is 22.7 Å². The Labute approximate surface area is 165 Å². The summed E-state index contributed by atoms with van der Waals surface area (Å²) in [6, 6.07) is 13.0. The van der Waals surface area contributed by atoms with E-state index < -0.39 is 17.9 Å². The van der Waals surface area contributed by atoms with Crippen molar-refractivity contribution in [2.24, 2.45) is 0 Å². The SMILES string of the molecule is Cc1ccc(NC(=O)C(=O)NCc2ccc(C(O)c3cccs3)s2)cc1C. The van der Waals surface area contributed by atoms with Crippen molar-refractivity contribution in [2.75, 3.05) is 5.32 Å². The third-order valence-electron chi connectivity index (χ3n) is 4.16. The highest BCUT2D eigenvalue weighted by Gasteiger charge is 2.16. The molecule has 3 aromatic rings. The van der Waals surface area contributed by atoms with Gasteiger partial charge in [0.25, 0.3) is 0 Å². The predicted molar refractivity (Wildman–Crippen MR) is 109 cm³/mol. The van der Waals surface area contributed by atoms with Gasteiger partial charge in [0.05, 0.1) is 6.54 Å². The van der Waals surface area contributed by atoms with E-state index in [1.165, 1.54) is 22.7 Å². The molecule has 0 radical (unpaired) electrons. The topological polar surface area (TPSA) is 78.4 Å². The highest BCUT2D eigenvalue weighted by Crippen LogP contribution is 2.30. The predicted octanol–water partition coefficient (Wildman–Crippen LogP) is 3.76. The molecule has 0 aliphatic carbocycles. The molecule has 0 aliphatic rings. The first-order chi connectivity index (χ1) is 12.9. The Kier molecular flexibility index (Phi) is 6.05. The second-order valence-electron chi connectivity index (χ2n) is 6.16. The second kappa shape index (κ2) is 8.47. The van der Waals surface area contributed by atoms with Crippen LogP contribution in [-0.2, 0) is 16.1 Å². The molecule has 1 atom stereocenters. The van der Waals surface area contributed by atoms with Crippen molar-refractivity contribution in [3.8, 4) is 0 Å². The van der Waals surface area contributed by atoms with Crippen molar-refractivity contribution in [3.05, 3.63) is 73.6 Å². The Morgan fingerprint density at radius 2 is 1.85 bits per heavy atom. The van der Waals surface area contributed by atoms with Crippen LogP contribution in [0.5, 0.6) is 0 Å². The molecule has 0 spiro atoms. The van der Waals surface area contributed by atoms with Gasteiger partial charge in [0.1, 0.15) is 6.10 Å². The van der Waals surface area contributed by atoms with Gasteiger partial charge in [-0.25, -0.2) is 0 Å². The molecule has 2 heterocycles. The minimum absolute atomic E-state index is 0.237. The van der Waals surface area contributed by atoms with Crippen LogP contribution in [0.25, 0.3) is 0 Å². The van der Waals surface area contributed by atoms with E-state index in [2.05, 4.69) is 10.6 Å². The van der Waals surface area contributed by atoms with Crippen molar-refractivity contribution >= 4 is 40.2 Å². The summed E-state index contributed by atoms with van der Waals surface area (Å²) < 4.78 is 0. The second-order valence-corrected chi connectivity index (χ2v) is 8.34. The molecule has 0 aliphatic heterocycles. The molecule has 2 aromatic heterocycles. The van der Waals surface area contributed by atoms with E-state index in [4.69, 9.17) is 0 Å². The smallest absolute Gasteiger partial charge is 0.313 e. The number of amides is 2. The van der Waals surface area contributed by atoms with Crippen molar-refractivity contribution in [2.45, 2.75) is 26.5 Å². The average Bonchev–Trinajstić information content (AvgIpc) is 3.34. The van der Waals surface area contributed by atoms with Crippen LogP contribution >= 0.6 is 22.7 Å². The zero-order valence-electron chi connectivity index (χ0n) is 15.0. The van der Waals surface area contributed by atoms with Gasteiger partial charge in [0.15, 0.2) is 0 Å². The number of nitrogens with one attached hydrogen (secondary N) is 2. The number of aliphatic hydroxyl groups excluding tert-OH is 1. The number of hydrogen-bond donors (Lipinski definition) is 3. The molecule has 1 unspecified atom stereocenters. The van der Waals surface area contributed by atoms with Gasteiger partial charge in [0.2, 0.25) is 0 Å². The van der Waals surface area contributed by atoms with Crippen LogP contribution in [0.2, 0.25) is 0 Å². The summed E-state index contributed by atoms with van der Waals surface area (Å²) in [5, 5.41) is 17.5. The van der Waals surface area contributed by atoms with Crippen LogP contribution in [0, 0.1) is 13.8 Å². The maximum atomic E-state index is 12.0. The van der Waals surface area contributed by atoms with Crippen LogP contribution in [0.4, 0.5) is 5.69 Å². The molecule has 0 saturated carbocycles. The van der Waals surface area contributed by atoms with Gasteiger partial charge >= 0.3 is 11.8 Å². The maximum absolute atomic E-state index is 12.0. The molecule has 0 fully saturated rings. The highest BCUT2D eigenvalue weighted by atomic mass is 32.1. The van der Waals surface area contributed by atoms with Crippen molar-refractivity contribution in [1.82, 2.24) is 5.32 Å². The van der Waals surface area contributed by atoms with Gasteiger partial charge < -0.3 is 15.7 Å². The Balaban J connectivity index is 1.54. The minimum atomic E-state index is -0.700. The lowest BCUT2D eigenvalue weighted by atomic mass is 10.1. The number of aliphatic hydroxyl groups is 1. The fourth-order valence-electron chi connectivity index (χ4n) is 2.48. The number of thiophene rings is 2. The van der Waals surface area contributed by atoms with E-state index in [1.54, 1.807) is 6.07 Å². The fourth-order valence-corrected chi connectivity index (χ4v) is 4.24. The van der Waals surface area contributed by atoms with E-state index >= 15 is 0 Å². The number of aryl methyl sites for hydroxylation is 2. The molecule has 0 saturated heterocycles. The first kappa shape index (κ1) is 19.3. The third-order valence-corrected chi connectivity index (χ3v) is 6.22. The summed E-state index contributed by atoms with van der Waals surface area (Å²) in [5.41, 5.74) is 2.76. The number of anilines is 1. The Hall–Kier alpha value is -2.48. The monoisotopic (exact) mass is 400 g/mol. The van der Waals surface area contributed by atoms with E-state index in [0.29, 0.717) is 5.69 Å². The van der Waals surface area contributed by atoms with E-state index in [-0.39, 0.29) is 6.54 Å². The van der Waals surface area contributed by atoms with Gasteiger partial charge in [-0.1, -0.05) is 12.1 Å². The molecular weight excluding hydrogens is 380 g/mol. The summed E-state index contributed by atoms with van der Waals surface area (Å²) in [5.74, 6) is -1.39. The van der Waals surface area contributed by atoms with Crippen molar-refractivity contribution in [1.29, 1.82) is 0 Å². The first-order valence-electron chi connectivity index (χ1n) is 8.40. The zero-order valence-corrected chi connectivity index (χ0v) is 16.6. The van der Waals surface area contributed by atoms with Crippen LogP contribution < -0.4 is 10.6 Å². The largest absolute Gasteiger partial charge is 0.382 e. The maximum Gasteiger partial charge on any atom is 0.313 e. The first-order valence-corrected chi connectivity index (χ1v) is 10.1. The normalized spacial score (nSPS) is 11.8. The fraction of sp³-hybridized carbons (Fsp3) is 0.200. The minimum Gasteiger partial charge on any atom is -0.382 e. The summed E-state index contributed by atoms with van der Waals surface area (Å²) in [4.78, 5) is 26.6. The van der Waals surface area contributed by atoms with E-state index in [9.17, 15) is 14.7 Å². The van der Waals surface area contributed by atoms with Crippen molar-refractivity contribution in [3.63, 3.8) is 0 Å². The molecule has 27 heavy (non-hydrogen) atoms. The standard InChI is InChI=1S/C20H20N2O3S2/c1-12-5-6-14(10-13(12)2)22-20(25)19(24)21-11-15-7-8-17(27-15)18(23)16-4-3-9-26-16/h3-10,18,23H,11H2,1-2H3,(H,21,24)(H,22,25). The quantitative estimate of drug-likeness (QED) is 0.571. The summed E-state index contributed by atoms with van der Waals surface area (Å²) in [6.07, 6.45) is -0.660. The van der Waals surface area contributed by atoms with Gasteiger partial charge in [-0.2, -0.15) is 0 Å². The van der Waals surface area contributed by atoms with Gasteiger partial charge in [0, 0.05) is 20.3 Å². The molecular formula is C20H20N2O3S2. The molecule has 7 heteroatoms. The summed E-state index contributed by atoms with van der Waals surface area (Å²) >= 11 is 2.90. The molecule has 0 bridgehead atoms. The number of benzene rings is 1. The number of carbonyl (C=O) groups is 2. The number of rotatable bonds is 5. The van der Waals surface area contributed by atoms with Crippen LogP contribution in [-0.4, -0.2) is 16.9 Å². The van der Waals surface area contributed by atoms with Crippen LogP contribution in [0.15, 0.2) is 47.8 Å². The third kappa shape index (κ3) is 4.82. The molecule has 5 nitrogen and oxygen atoms in total. The summed E-state index contributed by atoms with van der Waals surface area (Å²) in [6.45, 7) is 4.17. The van der Waals surface area contributed by atoms with Gasteiger partial charge in [-0.3, -0.25) is 9.59 Å². The lowest BCUT2D eigenvalue weighted by Gasteiger charge is -2.08. The van der Waals surface area contributed by atoms with E-state index in [1.807, 2.05) is 55.6 Å². The van der Waals surface area contributed by atoms with Crippen molar-refractivity contribution < 1.29 is 14.7 Å². The number of hydrogen-bond acceptors (Lipinski definition) is 5. The Bertz CT molecular complexity index is 948. The molecule has 1 aromatic carbocycles. The lowest BCUT2D eigenvalue weighted by Crippen LogP contribution is -2.34. The lowest BCUT2D eigenvalue weighted by molar-refractivity contribution is -0.136. The van der Waals surface area contributed by atoms with E-state index in [0.717, 1.165) is 25.8 Å². The number of carbonyl (C=O) groups excluding carboxylic acids is 2. The Morgan fingerprint density at radius 1 is 1.04 bits per heavy atom. The molecule has 3 N–H and O–H groups in total. The highest BCUT2D eigenvalue weighted by molar-refractivity contribution is 7.12. The zero-order chi connectivity index (χ0) is 19.4. The molecule has 2 amide bonds.